The van der Waals surface area contributed by atoms with Gasteiger partial charge in [0.2, 0.25) is 0 Å². The van der Waals surface area contributed by atoms with E-state index in [0.717, 1.165) is 5.69 Å². The van der Waals surface area contributed by atoms with E-state index in [2.05, 4.69) is 15.3 Å². The Kier molecular flexibility index (Phi) is 2.38. The summed E-state index contributed by atoms with van der Waals surface area (Å²) in [6.45, 7) is 1.80. The van der Waals surface area contributed by atoms with Crippen molar-refractivity contribution in [2.45, 2.75) is 13.0 Å². The van der Waals surface area contributed by atoms with Crippen LogP contribution in [0.3, 0.4) is 0 Å². The number of rotatable bonds is 1. The Morgan fingerprint density at radius 1 is 1.21 bits per heavy atom. The van der Waals surface area contributed by atoms with Gasteiger partial charge in [0.05, 0.1) is 5.84 Å². The number of aromatic hydroxyl groups is 3. The Labute approximate surface area is 109 Å². The summed E-state index contributed by atoms with van der Waals surface area (Å²) in [4.78, 5) is 6.79. The average molecular weight is 259 g/mol. The third kappa shape index (κ3) is 1.77. The minimum atomic E-state index is -0.561. The molecular formula is C13H13N3O3. The number of phenols is 1. The van der Waals surface area contributed by atoms with Gasteiger partial charge in [-0.05, 0) is 19.1 Å². The van der Waals surface area contributed by atoms with Gasteiger partial charge in [-0.25, -0.2) is 0 Å². The normalized spacial score (nSPS) is 17.5. The standard InChI is InChI=1S/C13H13N3O3/c1-6-14-8-3-2-4-9(17)11(8)12(15-6)7-5-10(18)16-13(7)19/h2-5,12,16-19H,1H3,(H,14,15). The lowest BCUT2D eigenvalue weighted by atomic mass is 9.96. The van der Waals surface area contributed by atoms with Crippen LogP contribution in [-0.2, 0) is 0 Å². The van der Waals surface area contributed by atoms with E-state index in [1.807, 2.05) is 6.07 Å². The molecule has 19 heavy (non-hydrogen) atoms. The van der Waals surface area contributed by atoms with Crippen molar-refractivity contribution < 1.29 is 15.3 Å². The fraction of sp³-hybridized carbons (Fsp3) is 0.154. The van der Waals surface area contributed by atoms with E-state index in [1.165, 1.54) is 6.07 Å². The molecule has 1 aromatic carbocycles. The molecule has 0 bridgehead atoms. The number of nitrogens with zero attached hydrogens (tertiary/aromatic N) is 1. The van der Waals surface area contributed by atoms with E-state index >= 15 is 0 Å². The number of amidine groups is 1. The molecule has 0 fully saturated rings. The largest absolute Gasteiger partial charge is 0.507 e. The first-order chi connectivity index (χ1) is 9.06. The highest BCUT2D eigenvalue weighted by Gasteiger charge is 2.28. The van der Waals surface area contributed by atoms with Crippen LogP contribution < -0.4 is 5.32 Å². The SMILES string of the molecule is CC1=NC(c2cc(O)[nH]c2O)c2c(O)cccc2N1. The third-order valence-corrected chi connectivity index (χ3v) is 3.10. The molecule has 0 spiro atoms. The summed E-state index contributed by atoms with van der Waals surface area (Å²) in [5, 5.41) is 32.3. The zero-order valence-electron chi connectivity index (χ0n) is 10.2. The predicted octanol–water partition coefficient (Wildman–Crippen LogP) is 2.06. The van der Waals surface area contributed by atoms with Crippen LogP contribution in [-0.4, -0.2) is 26.1 Å². The second-order valence-corrected chi connectivity index (χ2v) is 4.44. The average Bonchev–Trinajstić information content (AvgIpc) is 2.67. The number of hydrogen-bond donors (Lipinski definition) is 5. The number of aromatic amines is 1. The zero-order valence-corrected chi connectivity index (χ0v) is 10.2. The van der Waals surface area contributed by atoms with Gasteiger partial charge in [0.15, 0.2) is 11.8 Å². The molecule has 0 amide bonds. The lowest BCUT2D eigenvalue weighted by molar-refractivity contribution is 0.422. The van der Waals surface area contributed by atoms with E-state index in [1.54, 1.807) is 19.1 Å². The maximum Gasteiger partial charge on any atom is 0.197 e. The summed E-state index contributed by atoms with van der Waals surface area (Å²) in [5.41, 5.74) is 1.72. The molecule has 98 valence electrons. The van der Waals surface area contributed by atoms with E-state index in [0.29, 0.717) is 17.0 Å². The van der Waals surface area contributed by atoms with Crippen LogP contribution in [0.5, 0.6) is 17.5 Å². The number of fused-ring (bicyclic) bond motifs is 1. The molecule has 1 aliphatic heterocycles. The summed E-state index contributed by atoms with van der Waals surface area (Å²) in [6, 6.07) is 5.95. The monoisotopic (exact) mass is 259 g/mol. The van der Waals surface area contributed by atoms with Gasteiger partial charge >= 0.3 is 0 Å². The van der Waals surface area contributed by atoms with Crippen molar-refractivity contribution in [1.82, 2.24) is 4.98 Å². The van der Waals surface area contributed by atoms with Gasteiger partial charge in [0.1, 0.15) is 11.8 Å². The van der Waals surface area contributed by atoms with Gasteiger partial charge in [0, 0.05) is 22.9 Å². The number of aliphatic imine (C=N–C) groups is 1. The molecule has 0 radical (unpaired) electrons. The predicted molar refractivity (Wildman–Crippen MR) is 70.8 cm³/mol. The molecule has 6 heteroatoms. The fourth-order valence-electron chi connectivity index (χ4n) is 2.31. The summed E-state index contributed by atoms with van der Waals surface area (Å²) < 4.78 is 0. The van der Waals surface area contributed by atoms with Gasteiger partial charge in [-0.2, -0.15) is 0 Å². The van der Waals surface area contributed by atoms with Gasteiger partial charge in [-0.3, -0.25) is 9.98 Å². The molecule has 1 aromatic heterocycles. The smallest absolute Gasteiger partial charge is 0.197 e. The first kappa shape index (κ1) is 11.5. The highest BCUT2D eigenvalue weighted by molar-refractivity contribution is 5.97. The van der Waals surface area contributed by atoms with Crippen molar-refractivity contribution in [2.75, 3.05) is 5.32 Å². The molecule has 2 heterocycles. The Morgan fingerprint density at radius 2 is 2.00 bits per heavy atom. The Hall–Kier alpha value is -2.63. The number of benzene rings is 1. The van der Waals surface area contributed by atoms with Crippen LogP contribution in [0.2, 0.25) is 0 Å². The molecule has 2 aromatic rings. The minimum Gasteiger partial charge on any atom is -0.507 e. The van der Waals surface area contributed by atoms with Crippen LogP contribution in [0.1, 0.15) is 24.1 Å². The van der Waals surface area contributed by atoms with Crippen LogP contribution >= 0.6 is 0 Å². The molecule has 0 saturated heterocycles. The number of phenolic OH excluding ortho intramolecular Hbond substituents is 1. The number of nitrogens with one attached hydrogen (secondary N) is 2. The second-order valence-electron chi connectivity index (χ2n) is 4.44. The van der Waals surface area contributed by atoms with Crippen LogP contribution in [0.15, 0.2) is 29.3 Å². The first-order valence-electron chi connectivity index (χ1n) is 5.80. The van der Waals surface area contributed by atoms with E-state index < -0.39 is 6.04 Å². The van der Waals surface area contributed by atoms with Crippen molar-refractivity contribution in [3.05, 3.63) is 35.4 Å². The van der Waals surface area contributed by atoms with Gasteiger partial charge in [0.25, 0.3) is 0 Å². The minimum absolute atomic E-state index is 0.0892. The van der Waals surface area contributed by atoms with Crippen molar-refractivity contribution in [3.8, 4) is 17.5 Å². The molecule has 1 unspecified atom stereocenters. The molecule has 0 saturated carbocycles. The highest BCUT2D eigenvalue weighted by atomic mass is 16.3. The highest BCUT2D eigenvalue weighted by Crippen LogP contribution is 2.43. The summed E-state index contributed by atoms with van der Waals surface area (Å²) >= 11 is 0. The number of hydrogen-bond acceptors (Lipinski definition) is 5. The fourth-order valence-corrected chi connectivity index (χ4v) is 2.31. The Bertz CT molecular complexity index is 676. The molecule has 1 atom stereocenters. The Balaban J connectivity index is 2.21. The lowest BCUT2D eigenvalue weighted by Crippen LogP contribution is -2.18. The van der Waals surface area contributed by atoms with Crippen molar-refractivity contribution in [1.29, 1.82) is 0 Å². The lowest BCUT2D eigenvalue weighted by Gasteiger charge is -2.24. The number of anilines is 1. The van der Waals surface area contributed by atoms with E-state index in [9.17, 15) is 15.3 Å². The van der Waals surface area contributed by atoms with E-state index in [-0.39, 0.29) is 17.5 Å². The molecule has 3 rings (SSSR count). The van der Waals surface area contributed by atoms with Gasteiger partial charge < -0.3 is 20.6 Å². The summed E-state index contributed by atoms with van der Waals surface area (Å²) in [5.74, 6) is 0.459. The van der Waals surface area contributed by atoms with Crippen LogP contribution in [0.4, 0.5) is 5.69 Å². The zero-order chi connectivity index (χ0) is 13.6. The number of aromatic nitrogens is 1. The maximum atomic E-state index is 10.0. The molecular weight excluding hydrogens is 246 g/mol. The topological polar surface area (TPSA) is 101 Å². The number of H-pyrrole nitrogens is 1. The molecule has 5 N–H and O–H groups in total. The molecule has 6 nitrogen and oxygen atoms in total. The van der Waals surface area contributed by atoms with Crippen molar-refractivity contribution in [3.63, 3.8) is 0 Å². The molecule has 0 aliphatic carbocycles. The van der Waals surface area contributed by atoms with Crippen LogP contribution in [0.25, 0.3) is 0 Å². The molecule has 1 aliphatic rings. The van der Waals surface area contributed by atoms with Crippen molar-refractivity contribution >= 4 is 11.5 Å². The van der Waals surface area contributed by atoms with E-state index in [4.69, 9.17) is 0 Å². The summed E-state index contributed by atoms with van der Waals surface area (Å²) in [6.07, 6.45) is 0. The maximum absolute atomic E-state index is 10.0. The first-order valence-corrected chi connectivity index (χ1v) is 5.80. The third-order valence-electron chi connectivity index (χ3n) is 3.10. The van der Waals surface area contributed by atoms with Gasteiger partial charge in [-0.1, -0.05) is 6.07 Å². The van der Waals surface area contributed by atoms with Crippen molar-refractivity contribution in [2.24, 2.45) is 4.99 Å². The quantitative estimate of drug-likeness (QED) is 0.541. The second kappa shape index (κ2) is 3.94. The van der Waals surface area contributed by atoms with Gasteiger partial charge in [-0.15, -0.1) is 0 Å². The van der Waals surface area contributed by atoms with Crippen LogP contribution in [0, 0.1) is 0 Å². The summed E-state index contributed by atoms with van der Waals surface area (Å²) in [7, 11) is 0. The Morgan fingerprint density at radius 3 is 2.68 bits per heavy atom.